The summed E-state index contributed by atoms with van der Waals surface area (Å²) >= 11 is 5.88. The minimum absolute atomic E-state index is 0.00625. The summed E-state index contributed by atoms with van der Waals surface area (Å²) in [6, 6.07) is 4.09. The number of sulfone groups is 1. The lowest BCUT2D eigenvalue weighted by Crippen LogP contribution is -2.19. The van der Waals surface area contributed by atoms with Crippen molar-refractivity contribution in [1.82, 2.24) is 9.55 Å². The number of nitrogens with zero attached hydrogens (tertiary/aromatic N) is 2. The molecule has 1 heterocycles. The van der Waals surface area contributed by atoms with Crippen molar-refractivity contribution in [3.8, 4) is 0 Å². The third kappa shape index (κ3) is 3.32. The molecule has 0 fully saturated rings. The lowest BCUT2D eigenvalue weighted by Gasteiger charge is -2.12. The van der Waals surface area contributed by atoms with Gasteiger partial charge in [0.15, 0.2) is 9.84 Å². The predicted octanol–water partition coefficient (Wildman–Crippen LogP) is 3.30. The molecule has 116 valence electrons. The van der Waals surface area contributed by atoms with E-state index >= 15 is 0 Å². The second-order valence-corrected chi connectivity index (χ2v) is 7.32. The first-order chi connectivity index (χ1) is 9.50. The Morgan fingerprint density at radius 1 is 1.38 bits per heavy atom. The fraction of sp³-hybridized carbons (Fsp3) is 0.417. The Kier molecular flexibility index (Phi) is 3.96. The Hall–Kier alpha value is -1.28. The molecule has 4 nitrogen and oxygen atoms in total. The number of aromatic nitrogens is 2. The summed E-state index contributed by atoms with van der Waals surface area (Å²) in [6.45, 7) is 0.207. The number of hydrogen-bond acceptors (Lipinski definition) is 3. The molecule has 0 aliphatic rings. The van der Waals surface area contributed by atoms with Crippen LogP contribution in [0.25, 0.3) is 11.0 Å². The van der Waals surface area contributed by atoms with E-state index in [1.54, 1.807) is 0 Å². The summed E-state index contributed by atoms with van der Waals surface area (Å²) in [5, 5.41) is -0.785. The van der Waals surface area contributed by atoms with Gasteiger partial charge in [0, 0.05) is 6.26 Å². The Labute approximate surface area is 124 Å². The van der Waals surface area contributed by atoms with Crippen LogP contribution < -0.4 is 0 Å². The van der Waals surface area contributed by atoms with Crippen molar-refractivity contribution in [3.05, 3.63) is 24.0 Å². The Morgan fingerprint density at radius 2 is 2.00 bits per heavy atom. The molecule has 0 amide bonds. The maximum absolute atomic E-state index is 12.7. The lowest BCUT2D eigenvalue weighted by molar-refractivity contribution is -0.140. The molecule has 0 bridgehead atoms. The molecule has 1 aromatic heterocycles. The molecule has 2 aromatic rings. The Balaban J connectivity index is 2.81. The standard InChI is InChI=1S/C12H12ClF3N2O2S/c1-7(13)11-17-10-8(18(11)6-12(14,15)16)4-3-5-9(10)21(2,19)20/h3-5,7H,6H2,1-2H3. The van der Waals surface area contributed by atoms with Crippen LogP contribution in [0.2, 0.25) is 0 Å². The average molecular weight is 341 g/mol. The molecule has 21 heavy (non-hydrogen) atoms. The Morgan fingerprint density at radius 3 is 2.48 bits per heavy atom. The molecule has 0 aliphatic carbocycles. The predicted molar refractivity (Wildman–Crippen MR) is 73.2 cm³/mol. The number of benzene rings is 1. The summed E-state index contributed by atoms with van der Waals surface area (Å²) in [5.41, 5.74) is 0.101. The zero-order valence-corrected chi connectivity index (χ0v) is 12.7. The summed E-state index contributed by atoms with van der Waals surface area (Å²) in [5.74, 6) is -0.0138. The average Bonchev–Trinajstić information content (AvgIpc) is 2.64. The minimum Gasteiger partial charge on any atom is -0.317 e. The van der Waals surface area contributed by atoms with E-state index in [9.17, 15) is 21.6 Å². The van der Waals surface area contributed by atoms with Gasteiger partial charge in [0.25, 0.3) is 0 Å². The highest BCUT2D eigenvalue weighted by Gasteiger charge is 2.31. The van der Waals surface area contributed by atoms with Crippen molar-refractivity contribution in [3.63, 3.8) is 0 Å². The van der Waals surface area contributed by atoms with Crippen LogP contribution in [0.5, 0.6) is 0 Å². The van der Waals surface area contributed by atoms with Gasteiger partial charge in [-0.1, -0.05) is 6.07 Å². The van der Waals surface area contributed by atoms with E-state index < -0.39 is 27.9 Å². The van der Waals surface area contributed by atoms with Crippen molar-refractivity contribution in [2.75, 3.05) is 6.26 Å². The molecule has 0 saturated heterocycles. The molecule has 0 N–H and O–H groups in total. The van der Waals surface area contributed by atoms with Gasteiger partial charge < -0.3 is 4.57 Å². The maximum atomic E-state index is 12.7. The number of alkyl halides is 4. The highest BCUT2D eigenvalue weighted by molar-refractivity contribution is 7.91. The molecule has 0 saturated carbocycles. The second kappa shape index (κ2) is 5.17. The summed E-state index contributed by atoms with van der Waals surface area (Å²) in [7, 11) is -3.60. The smallest absolute Gasteiger partial charge is 0.317 e. The van der Waals surface area contributed by atoms with E-state index in [1.165, 1.54) is 25.1 Å². The number of rotatable bonds is 3. The van der Waals surface area contributed by atoms with E-state index in [-0.39, 0.29) is 21.8 Å². The van der Waals surface area contributed by atoms with Crippen molar-refractivity contribution in [2.24, 2.45) is 0 Å². The van der Waals surface area contributed by atoms with Crippen molar-refractivity contribution in [1.29, 1.82) is 0 Å². The highest BCUT2D eigenvalue weighted by Crippen LogP contribution is 2.31. The van der Waals surface area contributed by atoms with Gasteiger partial charge in [0.05, 0.1) is 15.8 Å². The van der Waals surface area contributed by atoms with Gasteiger partial charge in [-0.2, -0.15) is 13.2 Å². The number of imidazole rings is 1. The fourth-order valence-electron chi connectivity index (χ4n) is 2.09. The van der Waals surface area contributed by atoms with Gasteiger partial charge in [-0.05, 0) is 19.1 Å². The zero-order chi connectivity index (χ0) is 16.0. The molecule has 0 radical (unpaired) electrons. The summed E-state index contributed by atoms with van der Waals surface area (Å²) in [6.07, 6.45) is -3.48. The van der Waals surface area contributed by atoms with Crippen LogP contribution in [-0.2, 0) is 16.4 Å². The number of hydrogen-bond donors (Lipinski definition) is 0. The maximum Gasteiger partial charge on any atom is 0.406 e. The first-order valence-corrected chi connectivity index (χ1v) is 8.23. The summed E-state index contributed by atoms with van der Waals surface area (Å²) < 4.78 is 62.5. The quantitative estimate of drug-likeness (QED) is 0.805. The molecule has 1 atom stereocenters. The fourth-order valence-corrected chi connectivity index (χ4v) is 3.08. The first kappa shape index (κ1) is 16.1. The van der Waals surface area contributed by atoms with Gasteiger partial charge in [0.1, 0.15) is 17.9 Å². The van der Waals surface area contributed by atoms with E-state index in [0.717, 1.165) is 10.8 Å². The van der Waals surface area contributed by atoms with Crippen LogP contribution in [-0.4, -0.2) is 30.4 Å². The van der Waals surface area contributed by atoms with Crippen LogP contribution in [0.4, 0.5) is 13.2 Å². The molecule has 2 rings (SSSR count). The highest BCUT2D eigenvalue weighted by atomic mass is 35.5. The van der Waals surface area contributed by atoms with Crippen LogP contribution in [0, 0.1) is 0 Å². The largest absolute Gasteiger partial charge is 0.406 e. The van der Waals surface area contributed by atoms with Crippen molar-refractivity contribution >= 4 is 32.5 Å². The van der Waals surface area contributed by atoms with Gasteiger partial charge in [-0.25, -0.2) is 13.4 Å². The second-order valence-electron chi connectivity index (χ2n) is 4.68. The van der Waals surface area contributed by atoms with E-state index in [1.807, 2.05) is 0 Å². The third-order valence-electron chi connectivity index (χ3n) is 2.86. The van der Waals surface area contributed by atoms with Gasteiger partial charge in [-0.3, -0.25) is 0 Å². The van der Waals surface area contributed by atoms with E-state index in [0.29, 0.717) is 0 Å². The number of fused-ring (bicyclic) bond motifs is 1. The van der Waals surface area contributed by atoms with Gasteiger partial charge >= 0.3 is 6.18 Å². The third-order valence-corrected chi connectivity index (χ3v) is 4.19. The van der Waals surface area contributed by atoms with Gasteiger partial charge in [-0.15, -0.1) is 11.6 Å². The first-order valence-electron chi connectivity index (χ1n) is 5.91. The van der Waals surface area contributed by atoms with Crippen LogP contribution in [0.3, 0.4) is 0 Å². The lowest BCUT2D eigenvalue weighted by atomic mass is 10.3. The molecule has 1 aromatic carbocycles. The van der Waals surface area contributed by atoms with Gasteiger partial charge in [0.2, 0.25) is 0 Å². The van der Waals surface area contributed by atoms with E-state index in [4.69, 9.17) is 11.6 Å². The monoisotopic (exact) mass is 340 g/mol. The topological polar surface area (TPSA) is 52.0 Å². The molecule has 9 heteroatoms. The van der Waals surface area contributed by atoms with Crippen LogP contribution in [0.1, 0.15) is 18.1 Å². The zero-order valence-electron chi connectivity index (χ0n) is 11.1. The van der Waals surface area contributed by atoms with E-state index in [2.05, 4.69) is 4.98 Å². The molecule has 0 spiro atoms. The van der Waals surface area contributed by atoms with Crippen LogP contribution >= 0.6 is 11.6 Å². The SMILES string of the molecule is CC(Cl)c1nc2c(S(C)(=O)=O)cccc2n1CC(F)(F)F. The van der Waals surface area contributed by atoms with Crippen molar-refractivity contribution in [2.45, 2.75) is 29.9 Å². The molecule has 0 aliphatic heterocycles. The summed E-state index contributed by atoms with van der Waals surface area (Å²) in [4.78, 5) is 3.90. The number of halogens is 4. The number of para-hydroxylation sites is 1. The molecular weight excluding hydrogens is 329 g/mol. The minimum atomic E-state index is -4.46. The molecule has 1 unspecified atom stereocenters. The molecular formula is C12H12ClF3N2O2S. The van der Waals surface area contributed by atoms with Crippen molar-refractivity contribution < 1.29 is 21.6 Å². The Bertz CT molecular complexity index is 782. The van der Waals surface area contributed by atoms with Crippen LogP contribution in [0.15, 0.2) is 23.1 Å². The normalized spacial score (nSPS) is 14.6.